The Balaban J connectivity index is 1.69. The summed E-state index contributed by atoms with van der Waals surface area (Å²) in [6.07, 6.45) is 11.7. The van der Waals surface area contributed by atoms with Gasteiger partial charge in [0.15, 0.2) is 5.82 Å². The van der Waals surface area contributed by atoms with E-state index in [1.807, 2.05) is 10.7 Å². The molecule has 1 atom stereocenters. The molecule has 2 aliphatic carbocycles. The number of aromatic nitrogens is 2. The van der Waals surface area contributed by atoms with Crippen molar-refractivity contribution in [3.05, 3.63) is 59.3 Å². The average molecular weight is 305 g/mol. The van der Waals surface area contributed by atoms with Crippen molar-refractivity contribution in [1.29, 1.82) is 0 Å². The summed E-state index contributed by atoms with van der Waals surface area (Å²) in [6.45, 7) is 0. The van der Waals surface area contributed by atoms with Gasteiger partial charge in [0.2, 0.25) is 0 Å². The third-order valence-electron chi connectivity index (χ3n) is 4.41. The van der Waals surface area contributed by atoms with Gasteiger partial charge < -0.3 is 5.32 Å². The van der Waals surface area contributed by atoms with Crippen LogP contribution in [0.25, 0.3) is 12.3 Å². The molecule has 4 heteroatoms. The summed E-state index contributed by atoms with van der Waals surface area (Å²) in [5.74, 6) is 1.28. The zero-order chi connectivity index (χ0) is 15.6. The van der Waals surface area contributed by atoms with E-state index in [0.29, 0.717) is 12.0 Å². The Labute approximate surface area is 135 Å². The lowest BCUT2D eigenvalue weighted by Crippen LogP contribution is -2.09. The highest BCUT2D eigenvalue weighted by molar-refractivity contribution is 5.73. The fourth-order valence-corrected chi connectivity index (χ4v) is 3.05. The van der Waals surface area contributed by atoms with E-state index in [1.165, 1.54) is 24.5 Å². The first-order chi connectivity index (χ1) is 11.3. The molecule has 1 unspecified atom stereocenters. The fraction of sp³-hybridized carbons (Fsp3) is 0.263. The minimum absolute atomic E-state index is 0.345. The Kier molecular flexibility index (Phi) is 3.58. The number of allylic oxidation sites excluding steroid dienone is 2. The largest absolute Gasteiger partial charge is 0.365 e. The molecule has 1 aromatic carbocycles. The molecule has 1 N–H and O–H groups in total. The van der Waals surface area contributed by atoms with Gasteiger partial charge in [0, 0.05) is 30.1 Å². The minimum atomic E-state index is 0.345. The van der Waals surface area contributed by atoms with Crippen LogP contribution in [0.4, 0.5) is 5.82 Å². The van der Waals surface area contributed by atoms with Crippen molar-refractivity contribution in [2.24, 2.45) is 0 Å². The number of fused-ring (bicyclic) bond motifs is 1. The summed E-state index contributed by atoms with van der Waals surface area (Å²) in [6, 6.07) is 11.1. The monoisotopic (exact) mass is 305 g/mol. The average Bonchev–Trinajstić information content (AvgIpc) is 3.35. The van der Waals surface area contributed by atoms with Crippen molar-refractivity contribution in [3.63, 3.8) is 0 Å². The minimum Gasteiger partial charge on any atom is -0.365 e. The summed E-state index contributed by atoms with van der Waals surface area (Å²) >= 11 is 0. The maximum atomic E-state index is 10.7. The van der Waals surface area contributed by atoms with Gasteiger partial charge in [0.05, 0.1) is 5.69 Å². The molecule has 4 rings (SSSR count). The van der Waals surface area contributed by atoms with Crippen LogP contribution >= 0.6 is 0 Å². The Hall–Kier alpha value is -2.62. The number of anilines is 1. The number of carbonyl (C=O) groups excluding carboxylic acids is 1. The molecule has 0 radical (unpaired) electrons. The molecule has 1 fully saturated rings. The van der Waals surface area contributed by atoms with E-state index in [4.69, 9.17) is 0 Å². The predicted molar refractivity (Wildman–Crippen MR) is 92.2 cm³/mol. The second-order valence-corrected chi connectivity index (χ2v) is 6.13. The van der Waals surface area contributed by atoms with Crippen molar-refractivity contribution >= 4 is 24.4 Å². The first kappa shape index (κ1) is 14.0. The Bertz CT molecular complexity index is 769. The van der Waals surface area contributed by atoms with Crippen LogP contribution in [0.3, 0.4) is 0 Å². The lowest BCUT2D eigenvalue weighted by Gasteiger charge is -2.18. The van der Waals surface area contributed by atoms with Crippen LogP contribution in [0.15, 0.2) is 42.5 Å². The van der Waals surface area contributed by atoms with Crippen molar-refractivity contribution < 1.29 is 4.79 Å². The van der Waals surface area contributed by atoms with Gasteiger partial charge in [-0.1, -0.05) is 42.5 Å². The van der Waals surface area contributed by atoms with Crippen LogP contribution < -0.4 is 5.32 Å². The highest BCUT2D eigenvalue weighted by Crippen LogP contribution is 2.35. The van der Waals surface area contributed by atoms with E-state index in [-0.39, 0.29) is 0 Å². The number of hydrogen-bond donors (Lipinski definition) is 1. The molecule has 1 heterocycles. The Morgan fingerprint density at radius 1 is 1.22 bits per heavy atom. The third kappa shape index (κ3) is 2.84. The standard InChI is InChI=1S/C19H19N3O/c23-12-4-11-22-18-13-15(14-5-2-1-3-6-14)7-10-17(18)19(21-22)20-16-8-9-16/h1-7,10-12,15-16H,8-9,13H2,(H,20,21). The van der Waals surface area contributed by atoms with Gasteiger partial charge in [-0.25, -0.2) is 4.68 Å². The number of nitrogens with one attached hydrogen (secondary N) is 1. The SMILES string of the molecule is O=CC=Cn1nc(NC2CC2)c2c1CC(c1ccccc1)C=C2. The molecule has 0 amide bonds. The van der Waals surface area contributed by atoms with E-state index in [9.17, 15) is 4.79 Å². The van der Waals surface area contributed by atoms with E-state index < -0.39 is 0 Å². The summed E-state index contributed by atoms with van der Waals surface area (Å²) in [4.78, 5) is 10.7. The molecular formula is C19H19N3O. The van der Waals surface area contributed by atoms with Gasteiger partial charge in [0.1, 0.15) is 6.29 Å². The van der Waals surface area contributed by atoms with Crippen LogP contribution in [0.1, 0.15) is 35.6 Å². The lowest BCUT2D eigenvalue weighted by atomic mass is 9.88. The summed E-state index contributed by atoms with van der Waals surface area (Å²) in [7, 11) is 0. The third-order valence-corrected chi connectivity index (χ3v) is 4.41. The number of hydrogen-bond acceptors (Lipinski definition) is 3. The smallest absolute Gasteiger partial charge is 0.156 e. The molecule has 0 aliphatic heterocycles. The molecule has 1 aromatic heterocycles. The second-order valence-electron chi connectivity index (χ2n) is 6.13. The predicted octanol–water partition coefficient (Wildman–Crippen LogP) is 3.48. The van der Waals surface area contributed by atoms with Gasteiger partial charge in [-0.15, -0.1) is 0 Å². The molecule has 1 saturated carbocycles. The van der Waals surface area contributed by atoms with Crippen LogP contribution in [0, 0.1) is 0 Å². The van der Waals surface area contributed by atoms with Gasteiger partial charge in [-0.05, 0) is 24.5 Å². The van der Waals surface area contributed by atoms with Crippen LogP contribution in [0.2, 0.25) is 0 Å². The molecule has 2 aliphatic rings. The maximum absolute atomic E-state index is 10.7. The first-order valence-corrected chi connectivity index (χ1v) is 8.08. The molecule has 4 nitrogen and oxygen atoms in total. The second kappa shape index (κ2) is 5.88. The van der Waals surface area contributed by atoms with Crippen molar-refractivity contribution in [3.8, 4) is 0 Å². The number of carbonyl (C=O) groups is 1. The molecule has 0 bridgehead atoms. The van der Waals surface area contributed by atoms with Gasteiger partial charge in [0.25, 0.3) is 0 Å². The van der Waals surface area contributed by atoms with Gasteiger partial charge >= 0.3 is 0 Å². The molecule has 0 spiro atoms. The summed E-state index contributed by atoms with van der Waals surface area (Å²) in [5, 5.41) is 8.14. The lowest BCUT2D eigenvalue weighted by molar-refractivity contribution is -0.104. The van der Waals surface area contributed by atoms with E-state index >= 15 is 0 Å². The zero-order valence-corrected chi connectivity index (χ0v) is 12.9. The van der Waals surface area contributed by atoms with Crippen molar-refractivity contribution in [2.45, 2.75) is 31.2 Å². The van der Waals surface area contributed by atoms with E-state index in [2.05, 4.69) is 46.8 Å². The number of nitrogens with zero attached hydrogens (tertiary/aromatic N) is 2. The number of benzene rings is 1. The maximum Gasteiger partial charge on any atom is 0.156 e. The highest BCUT2D eigenvalue weighted by Gasteiger charge is 2.27. The molecule has 23 heavy (non-hydrogen) atoms. The van der Waals surface area contributed by atoms with Crippen LogP contribution in [-0.2, 0) is 11.2 Å². The Morgan fingerprint density at radius 3 is 2.78 bits per heavy atom. The molecule has 0 saturated heterocycles. The van der Waals surface area contributed by atoms with Crippen molar-refractivity contribution in [1.82, 2.24) is 9.78 Å². The quantitative estimate of drug-likeness (QED) is 0.679. The highest BCUT2D eigenvalue weighted by atomic mass is 16.1. The number of aldehydes is 1. The van der Waals surface area contributed by atoms with Crippen LogP contribution in [-0.4, -0.2) is 22.1 Å². The van der Waals surface area contributed by atoms with Crippen molar-refractivity contribution in [2.75, 3.05) is 5.32 Å². The Morgan fingerprint density at radius 2 is 2.04 bits per heavy atom. The van der Waals surface area contributed by atoms with E-state index in [0.717, 1.165) is 29.8 Å². The van der Waals surface area contributed by atoms with Crippen LogP contribution in [0.5, 0.6) is 0 Å². The number of rotatable bonds is 5. The van der Waals surface area contributed by atoms with E-state index in [1.54, 1.807) is 6.20 Å². The molecular weight excluding hydrogens is 286 g/mol. The topological polar surface area (TPSA) is 46.9 Å². The molecule has 116 valence electrons. The first-order valence-electron chi connectivity index (χ1n) is 8.08. The van der Waals surface area contributed by atoms with Gasteiger partial charge in [-0.3, -0.25) is 4.79 Å². The summed E-state index contributed by atoms with van der Waals surface area (Å²) < 4.78 is 1.84. The van der Waals surface area contributed by atoms with Gasteiger partial charge in [-0.2, -0.15) is 5.10 Å². The zero-order valence-electron chi connectivity index (χ0n) is 12.9. The fourth-order valence-electron chi connectivity index (χ4n) is 3.05. The normalized spacial score (nSPS) is 19.7. The molecule has 2 aromatic rings. The summed E-state index contributed by atoms with van der Waals surface area (Å²) in [5.41, 5.74) is 3.61.